The molecule has 0 aliphatic rings. The molecule has 0 radical (unpaired) electrons. The Morgan fingerprint density at radius 1 is 0.741 bits per heavy atom. The van der Waals surface area contributed by atoms with Gasteiger partial charge in [-0.3, -0.25) is 0 Å². The third-order valence-electron chi connectivity index (χ3n) is 3.73. The number of carbonyl (C=O) groups excluding carboxylic acids is 2. The maximum Gasteiger partial charge on any atom is 0.330 e. The number of hydrogen-bond donors (Lipinski definition) is 0. The van der Waals surface area contributed by atoms with Crippen LogP contribution in [0.5, 0.6) is 11.5 Å². The molecule has 2 rings (SSSR count). The average molecular weight is 366 g/mol. The highest BCUT2D eigenvalue weighted by molar-refractivity contribution is 5.81. The summed E-state index contributed by atoms with van der Waals surface area (Å²) in [6.07, 6.45) is 3.32. The van der Waals surface area contributed by atoms with Crippen LogP contribution in [0, 0.1) is 0 Å². The fourth-order valence-corrected chi connectivity index (χ4v) is 2.38. The summed E-state index contributed by atoms with van der Waals surface area (Å²) in [4.78, 5) is 22.4. The summed E-state index contributed by atoms with van der Waals surface area (Å²) < 4.78 is 16.2. The second-order valence-electron chi connectivity index (χ2n) is 5.56. The van der Waals surface area contributed by atoms with E-state index in [1.54, 1.807) is 0 Å². The molecule has 0 aliphatic heterocycles. The number of benzene rings is 2. The van der Waals surface area contributed by atoms with E-state index in [2.05, 4.69) is 13.2 Å². The van der Waals surface area contributed by atoms with Gasteiger partial charge in [0.05, 0.1) is 13.2 Å². The largest absolute Gasteiger partial charge is 0.462 e. The first-order chi connectivity index (χ1) is 13.1. The smallest absolute Gasteiger partial charge is 0.330 e. The zero-order valence-electron chi connectivity index (χ0n) is 15.1. The van der Waals surface area contributed by atoms with E-state index in [0.717, 1.165) is 23.3 Å². The predicted octanol–water partition coefficient (Wildman–Crippen LogP) is 4.02. The lowest BCUT2D eigenvalue weighted by Crippen LogP contribution is -2.06. The number of ether oxygens (including phenoxy) is 3. The SMILES string of the molecule is C=CC(=O)OCCc1ccccc1Oc1ccccc1CCOC(=O)C=C. The van der Waals surface area contributed by atoms with Crippen LogP contribution in [0.4, 0.5) is 0 Å². The van der Waals surface area contributed by atoms with Crippen molar-refractivity contribution in [3.63, 3.8) is 0 Å². The Balaban J connectivity index is 2.06. The Kier molecular flexibility index (Phi) is 7.85. The topological polar surface area (TPSA) is 61.8 Å². The summed E-state index contributed by atoms with van der Waals surface area (Å²) in [6, 6.07) is 15.1. The van der Waals surface area contributed by atoms with E-state index in [1.807, 2.05) is 48.5 Å². The first-order valence-corrected chi connectivity index (χ1v) is 8.56. The molecule has 0 heterocycles. The molecule has 0 saturated carbocycles. The van der Waals surface area contributed by atoms with E-state index >= 15 is 0 Å². The molecule has 0 aliphatic carbocycles. The van der Waals surface area contributed by atoms with Gasteiger partial charge >= 0.3 is 11.9 Å². The van der Waals surface area contributed by atoms with Gasteiger partial charge in [0.2, 0.25) is 0 Å². The molecule has 0 aromatic heterocycles. The van der Waals surface area contributed by atoms with Crippen LogP contribution in [0.3, 0.4) is 0 Å². The zero-order chi connectivity index (χ0) is 19.5. The minimum absolute atomic E-state index is 0.240. The maximum absolute atomic E-state index is 11.2. The van der Waals surface area contributed by atoms with E-state index < -0.39 is 11.9 Å². The Hall–Kier alpha value is -3.34. The van der Waals surface area contributed by atoms with Gasteiger partial charge in [-0.1, -0.05) is 49.6 Å². The fourth-order valence-electron chi connectivity index (χ4n) is 2.38. The highest BCUT2D eigenvalue weighted by Gasteiger charge is 2.09. The van der Waals surface area contributed by atoms with Gasteiger partial charge < -0.3 is 14.2 Å². The minimum atomic E-state index is -0.451. The molecule has 0 amide bonds. The van der Waals surface area contributed by atoms with E-state index in [-0.39, 0.29) is 13.2 Å². The number of esters is 2. The Bertz CT molecular complexity index is 742. The van der Waals surface area contributed by atoms with Gasteiger partial charge in [0, 0.05) is 25.0 Å². The van der Waals surface area contributed by atoms with Crippen molar-refractivity contribution in [1.29, 1.82) is 0 Å². The molecule has 5 heteroatoms. The van der Waals surface area contributed by atoms with Crippen molar-refractivity contribution in [2.45, 2.75) is 12.8 Å². The molecular weight excluding hydrogens is 344 g/mol. The van der Waals surface area contributed by atoms with Gasteiger partial charge in [-0.05, 0) is 23.3 Å². The molecule has 27 heavy (non-hydrogen) atoms. The van der Waals surface area contributed by atoms with Gasteiger partial charge in [-0.15, -0.1) is 0 Å². The Morgan fingerprint density at radius 2 is 1.15 bits per heavy atom. The average Bonchev–Trinajstić information content (AvgIpc) is 2.70. The van der Waals surface area contributed by atoms with Crippen LogP contribution in [0.2, 0.25) is 0 Å². The quantitative estimate of drug-likeness (QED) is 0.469. The van der Waals surface area contributed by atoms with Crippen molar-refractivity contribution < 1.29 is 23.8 Å². The first-order valence-electron chi connectivity index (χ1n) is 8.56. The van der Waals surface area contributed by atoms with Gasteiger partial charge in [0.1, 0.15) is 11.5 Å². The lowest BCUT2D eigenvalue weighted by Gasteiger charge is -2.14. The molecule has 0 N–H and O–H groups in total. The van der Waals surface area contributed by atoms with Gasteiger partial charge in [0.15, 0.2) is 0 Å². The summed E-state index contributed by atoms with van der Waals surface area (Å²) >= 11 is 0. The molecule has 140 valence electrons. The van der Waals surface area contributed by atoms with Crippen LogP contribution in [0.15, 0.2) is 73.8 Å². The Labute approximate surface area is 158 Å². The summed E-state index contributed by atoms with van der Waals surface area (Å²) in [5, 5.41) is 0. The molecule has 0 fully saturated rings. The fraction of sp³-hybridized carbons (Fsp3) is 0.182. The van der Waals surface area contributed by atoms with Gasteiger partial charge in [-0.25, -0.2) is 9.59 Å². The van der Waals surface area contributed by atoms with Crippen molar-refractivity contribution in [1.82, 2.24) is 0 Å². The summed E-state index contributed by atoms with van der Waals surface area (Å²) in [5.74, 6) is 0.464. The number of rotatable bonds is 10. The minimum Gasteiger partial charge on any atom is -0.462 e. The van der Waals surface area contributed by atoms with Crippen LogP contribution < -0.4 is 4.74 Å². The van der Waals surface area contributed by atoms with Crippen molar-refractivity contribution in [2.75, 3.05) is 13.2 Å². The lowest BCUT2D eigenvalue weighted by molar-refractivity contribution is -0.138. The summed E-state index contributed by atoms with van der Waals surface area (Å²) in [7, 11) is 0. The third-order valence-corrected chi connectivity index (χ3v) is 3.73. The van der Waals surface area contributed by atoms with Crippen LogP contribution in [-0.4, -0.2) is 25.2 Å². The molecule has 0 saturated heterocycles. The molecule has 2 aromatic carbocycles. The number of para-hydroxylation sites is 2. The van der Waals surface area contributed by atoms with Crippen LogP contribution in [-0.2, 0) is 31.9 Å². The van der Waals surface area contributed by atoms with E-state index in [9.17, 15) is 9.59 Å². The number of carbonyl (C=O) groups is 2. The van der Waals surface area contributed by atoms with Crippen LogP contribution in [0.1, 0.15) is 11.1 Å². The molecule has 2 aromatic rings. The van der Waals surface area contributed by atoms with E-state index in [4.69, 9.17) is 14.2 Å². The van der Waals surface area contributed by atoms with Crippen molar-refractivity contribution in [2.24, 2.45) is 0 Å². The zero-order valence-corrected chi connectivity index (χ0v) is 15.1. The summed E-state index contributed by atoms with van der Waals surface area (Å²) in [6.45, 7) is 7.23. The van der Waals surface area contributed by atoms with E-state index in [1.165, 1.54) is 0 Å². The lowest BCUT2D eigenvalue weighted by atomic mass is 10.1. The second kappa shape index (κ2) is 10.6. The summed E-state index contributed by atoms with van der Waals surface area (Å²) in [5.41, 5.74) is 1.84. The molecular formula is C22H22O5. The first kappa shape index (κ1) is 20.0. The predicted molar refractivity (Wildman–Crippen MR) is 103 cm³/mol. The van der Waals surface area contributed by atoms with Crippen LogP contribution in [0.25, 0.3) is 0 Å². The normalized spacial score (nSPS) is 9.93. The monoisotopic (exact) mass is 366 g/mol. The maximum atomic E-state index is 11.2. The highest BCUT2D eigenvalue weighted by atomic mass is 16.5. The standard InChI is InChI=1S/C22H22O5/c1-3-21(23)25-15-13-17-9-5-7-11-19(17)27-20-12-8-6-10-18(20)14-16-26-22(24)4-2/h3-12H,1-2,13-16H2. The molecule has 5 nitrogen and oxygen atoms in total. The second-order valence-corrected chi connectivity index (χ2v) is 5.56. The third kappa shape index (κ3) is 6.47. The van der Waals surface area contributed by atoms with E-state index in [0.29, 0.717) is 24.3 Å². The van der Waals surface area contributed by atoms with Crippen molar-refractivity contribution >= 4 is 11.9 Å². The highest BCUT2D eigenvalue weighted by Crippen LogP contribution is 2.28. The molecule has 0 unspecified atom stereocenters. The molecule has 0 bridgehead atoms. The Morgan fingerprint density at radius 3 is 1.56 bits per heavy atom. The van der Waals surface area contributed by atoms with Crippen LogP contribution >= 0.6 is 0 Å². The van der Waals surface area contributed by atoms with Gasteiger partial charge in [-0.2, -0.15) is 0 Å². The van der Waals surface area contributed by atoms with Crippen molar-refractivity contribution in [3.05, 3.63) is 85.0 Å². The van der Waals surface area contributed by atoms with Gasteiger partial charge in [0.25, 0.3) is 0 Å². The van der Waals surface area contributed by atoms with Crippen molar-refractivity contribution in [3.8, 4) is 11.5 Å². The molecule has 0 atom stereocenters. The molecule has 0 spiro atoms. The number of hydrogen-bond acceptors (Lipinski definition) is 5.